The van der Waals surface area contributed by atoms with E-state index >= 15 is 4.39 Å². The third-order valence-corrected chi connectivity index (χ3v) is 10.9. The highest BCUT2D eigenvalue weighted by Gasteiger charge is 2.31. The average Bonchev–Trinajstić information content (AvgIpc) is 3.60. The summed E-state index contributed by atoms with van der Waals surface area (Å²) in [4.78, 5) is 40.6. The van der Waals surface area contributed by atoms with Gasteiger partial charge in [-0.3, -0.25) is 29.7 Å². The number of aromatic amines is 1. The van der Waals surface area contributed by atoms with Gasteiger partial charge in [-0.1, -0.05) is 11.6 Å². The molecule has 2 amide bonds. The smallest absolute Gasteiger partial charge is 0.276 e. The van der Waals surface area contributed by atoms with Crippen molar-refractivity contribution in [2.24, 2.45) is 18.9 Å². The topological polar surface area (TPSA) is 125 Å². The molecule has 0 aliphatic carbocycles. The van der Waals surface area contributed by atoms with Crippen molar-refractivity contribution in [1.82, 2.24) is 25.0 Å². The highest BCUT2D eigenvalue weighted by atomic mass is 35.5. The SMILES string of the molecule is COc1cc(-c2cn(C)c(=O)c3[nH]ncc23)cc(Cl)c1CN1CCC(C2CCN(c3ccc(NC4CCC(=O)NC4=O)cc3F)CC2)CC1. The molecular weight excluding hydrogens is 649 g/mol. The summed E-state index contributed by atoms with van der Waals surface area (Å²) in [5.74, 6) is 0.995. The minimum atomic E-state index is -0.544. The first-order valence-electron chi connectivity index (χ1n) is 16.9. The number of imide groups is 1. The number of pyridine rings is 1. The lowest BCUT2D eigenvalue weighted by molar-refractivity contribution is -0.133. The largest absolute Gasteiger partial charge is 0.496 e. The number of H-pyrrole nitrogens is 1. The van der Waals surface area contributed by atoms with E-state index in [1.807, 2.05) is 18.2 Å². The number of piperidine rings is 3. The van der Waals surface area contributed by atoms with Crippen LogP contribution in [0.3, 0.4) is 0 Å². The zero-order valence-corrected chi connectivity index (χ0v) is 28.5. The van der Waals surface area contributed by atoms with Gasteiger partial charge in [0.2, 0.25) is 11.8 Å². The van der Waals surface area contributed by atoms with Gasteiger partial charge in [0.05, 0.1) is 19.0 Å². The van der Waals surface area contributed by atoms with Gasteiger partial charge < -0.3 is 19.5 Å². The summed E-state index contributed by atoms with van der Waals surface area (Å²) in [5, 5.41) is 13.7. The van der Waals surface area contributed by atoms with Gasteiger partial charge in [0.15, 0.2) is 0 Å². The van der Waals surface area contributed by atoms with Crippen molar-refractivity contribution in [3.63, 3.8) is 0 Å². The Morgan fingerprint density at radius 3 is 2.45 bits per heavy atom. The number of hydrogen-bond donors (Lipinski definition) is 3. The molecule has 0 spiro atoms. The number of amides is 2. The molecule has 13 heteroatoms. The van der Waals surface area contributed by atoms with Gasteiger partial charge >= 0.3 is 0 Å². The second-order valence-electron chi connectivity index (χ2n) is 13.5. The second-order valence-corrected chi connectivity index (χ2v) is 13.9. The van der Waals surface area contributed by atoms with Crippen LogP contribution in [0.2, 0.25) is 5.02 Å². The van der Waals surface area contributed by atoms with Crippen molar-refractivity contribution in [2.75, 3.05) is 43.5 Å². The highest BCUT2D eigenvalue weighted by Crippen LogP contribution is 2.39. The number of nitrogens with zero attached hydrogens (tertiary/aromatic N) is 4. The standard InChI is InChI=1S/C36H41ClFN7O4/c1-43-19-26(25-18-39-42-34(25)36(43)48)23-15-28(37)27(32(16-23)49-2)20-44-11-7-21(8-12-44)22-9-13-45(14-10-22)31-5-3-24(17-29(31)38)40-30-4-6-33(46)41-35(30)47/h3,5,15-19,21-22,30,40H,4,6-14,20H2,1-2H3,(H,39,42)(H,41,46,47). The lowest BCUT2D eigenvalue weighted by Crippen LogP contribution is -2.47. The van der Waals surface area contributed by atoms with Crippen LogP contribution < -0.4 is 25.8 Å². The van der Waals surface area contributed by atoms with Crippen LogP contribution in [0.25, 0.3) is 22.0 Å². The lowest BCUT2D eigenvalue weighted by Gasteiger charge is -2.41. The van der Waals surface area contributed by atoms with E-state index in [9.17, 15) is 14.4 Å². The summed E-state index contributed by atoms with van der Waals surface area (Å²) in [6.45, 7) is 4.25. The maximum absolute atomic E-state index is 15.2. The first-order valence-corrected chi connectivity index (χ1v) is 17.3. The molecule has 2 aromatic heterocycles. The van der Waals surface area contributed by atoms with E-state index in [0.29, 0.717) is 46.7 Å². The van der Waals surface area contributed by atoms with E-state index in [4.69, 9.17) is 16.3 Å². The molecule has 3 aliphatic heterocycles. The fourth-order valence-electron chi connectivity index (χ4n) is 7.79. The predicted molar refractivity (Wildman–Crippen MR) is 187 cm³/mol. The van der Waals surface area contributed by atoms with Crippen LogP contribution in [0.15, 0.2) is 47.5 Å². The normalized spacial score (nSPS) is 19.8. The maximum atomic E-state index is 15.2. The molecule has 3 fully saturated rings. The fraction of sp³-hybridized carbons (Fsp3) is 0.444. The summed E-state index contributed by atoms with van der Waals surface area (Å²) >= 11 is 6.91. The van der Waals surface area contributed by atoms with Crippen LogP contribution in [-0.2, 0) is 23.2 Å². The van der Waals surface area contributed by atoms with Crippen LogP contribution in [-0.4, -0.2) is 70.8 Å². The van der Waals surface area contributed by atoms with Crippen molar-refractivity contribution < 1.29 is 18.7 Å². The Morgan fingerprint density at radius 1 is 1.02 bits per heavy atom. The second kappa shape index (κ2) is 13.8. The molecule has 1 unspecified atom stereocenters. The molecule has 7 rings (SSSR count). The Hall–Kier alpha value is -4.42. The minimum Gasteiger partial charge on any atom is -0.496 e. The molecule has 0 bridgehead atoms. The maximum Gasteiger partial charge on any atom is 0.276 e. The Kier molecular flexibility index (Phi) is 9.34. The molecule has 11 nitrogen and oxygen atoms in total. The van der Waals surface area contributed by atoms with Crippen molar-refractivity contribution in [1.29, 1.82) is 0 Å². The van der Waals surface area contributed by atoms with Gasteiger partial charge in [0.25, 0.3) is 5.56 Å². The number of hydrogen-bond acceptors (Lipinski definition) is 8. The van der Waals surface area contributed by atoms with Crippen molar-refractivity contribution >= 4 is 45.7 Å². The number of benzene rings is 2. The number of ether oxygens (including phenoxy) is 1. The molecule has 3 aliphatic rings. The highest BCUT2D eigenvalue weighted by molar-refractivity contribution is 6.32. The van der Waals surface area contributed by atoms with Crippen molar-refractivity contribution in [3.05, 3.63) is 69.5 Å². The van der Waals surface area contributed by atoms with E-state index in [1.54, 1.807) is 37.2 Å². The number of carbonyl (C=O) groups is 2. The molecule has 258 valence electrons. The summed E-state index contributed by atoms with van der Waals surface area (Å²) in [6.07, 6.45) is 8.39. The fourth-order valence-corrected chi connectivity index (χ4v) is 8.06. The van der Waals surface area contributed by atoms with Crippen LogP contribution in [0.4, 0.5) is 15.8 Å². The number of nitrogens with one attached hydrogen (secondary N) is 3. The summed E-state index contributed by atoms with van der Waals surface area (Å²) < 4.78 is 22.6. The third kappa shape index (κ3) is 6.76. The van der Waals surface area contributed by atoms with E-state index < -0.39 is 6.04 Å². The number of carbonyl (C=O) groups excluding carboxylic acids is 2. The quantitative estimate of drug-likeness (QED) is 0.219. The van der Waals surface area contributed by atoms with Gasteiger partial charge in [-0.15, -0.1) is 0 Å². The Labute approximate surface area is 288 Å². The molecule has 4 aromatic rings. The van der Waals surface area contributed by atoms with Gasteiger partial charge in [-0.2, -0.15) is 5.10 Å². The number of likely N-dealkylation sites (tertiary alicyclic amines) is 1. The van der Waals surface area contributed by atoms with Crippen LogP contribution in [0.1, 0.15) is 44.1 Å². The van der Waals surface area contributed by atoms with Crippen molar-refractivity contribution in [2.45, 2.75) is 51.1 Å². The molecule has 49 heavy (non-hydrogen) atoms. The molecule has 0 radical (unpaired) electrons. The third-order valence-electron chi connectivity index (χ3n) is 10.6. The Morgan fingerprint density at radius 2 is 1.76 bits per heavy atom. The minimum absolute atomic E-state index is 0.137. The molecule has 3 N–H and O–H groups in total. The Bertz CT molecular complexity index is 1950. The van der Waals surface area contributed by atoms with Gasteiger partial charge in [-0.25, -0.2) is 4.39 Å². The number of methoxy groups -OCH3 is 1. The van der Waals surface area contributed by atoms with E-state index in [0.717, 1.165) is 79.7 Å². The summed E-state index contributed by atoms with van der Waals surface area (Å²) in [7, 11) is 3.38. The number of aryl methyl sites for hydroxylation is 1. The lowest BCUT2D eigenvalue weighted by atomic mass is 9.78. The molecule has 0 saturated carbocycles. The molecule has 3 saturated heterocycles. The van der Waals surface area contributed by atoms with Gasteiger partial charge in [-0.05, 0) is 92.9 Å². The summed E-state index contributed by atoms with van der Waals surface area (Å²) in [6, 6.07) is 8.42. The van der Waals surface area contributed by atoms with E-state index in [1.165, 1.54) is 6.07 Å². The molecule has 2 aromatic carbocycles. The average molecular weight is 690 g/mol. The zero-order valence-electron chi connectivity index (χ0n) is 27.7. The van der Waals surface area contributed by atoms with Gasteiger partial charge in [0.1, 0.15) is 23.1 Å². The number of aromatic nitrogens is 3. The van der Waals surface area contributed by atoms with Crippen LogP contribution in [0, 0.1) is 17.7 Å². The molecule has 5 heterocycles. The monoisotopic (exact) mass is 689 g/mol. The van der Waals surface area contributed by atoms with E-state index in [-0.39, 0.29) is 29.6 Å². The summed E-state index contributed by atoms with van der Waals surface area (Å²) in [5.41, 5.74) is 4.10. The first kappa shape index (κ1) is 33.1. The molecule has 1 atom stereocenters. The number of anilines is 2. The number of halogens is 2. The van der Waals surface area contributed by atoms with Crippen LogP contribution >= 0.6 is 11.6 Å². The van der Waals surface area contributed by atoms with Gasteiger partial charge in [0, 0.05) is 66.5 Å². The Balaban J connectivity index is 0.934. The number of rotatable bonds is 8. The van der Waals surface area contributed by atoms with E-state index in [2.05, 4.69) is 30.6 Å². The molecular formula is C36H41ClFN7O4. The van der Waals surface area contributed by atoms with Crippen LogP contribution in [0.5, 0.6) is 5.75 Å². The predicted octanol–water partition coefficient (Wildman–Crippen LogP) is 5.08. The zero-order chi connectivity index (χ0) is 34.2. The number of fused-ring (bicyclic) bond motifs is 1. The van der Waals surface area contributed by atoms with Crippen molar-refractivity contribution in [3.8, 4) is 16.9 Å². The first-order chi connectivity index (χ1) is 23.7.